The molecule has 0 bridgehead atoms. The summed E-state index contributed by atoms with van der Waals surface area (Å²) < 4.78 is 24.6. The number of ether oxygens (including phenoxy) is 4. The number of nitrogens with zero attached hydrogens (tertiary/aromatic N) is 2. The number of rotatable bonds is 9. The van der Waals surface area contributed by atoms with Crippen molar-refractivity contribution >= 4 is 46.6 Å². The van der Waals surface area contributed by atoms with Crippen LogP contribution in [0.3, 0.4) is 0 Å². The molecule has 1 aliphatic rings. The maximum atomic E-state index is 14.1. The molecule has 1 atom stereocenters. The zero-order valence-corrected chi connectivity index (χ0v) is 26.2. The first-order valence-electron chi connectivity index (χ1n) is 13.3. The smallest absolute Gasteiger partial charge is 0.338 e. The second-order valence-corrected chi connectivity index (χ2v) is 11.3. The van der Waals surface area contributed by atoms with E-state index in [4.69, 9.17) is 42.1 Å². The van der Waals surface area contributed by atoms with Crippen LogP contribution in [0.1, 0.15) is 36.6 Å². The summed E-state index contributed by atoms with van der Waals surface area (Å²) >= 11 is 13.4. The van der Waals surface area contributed by atoms with Crippen molar-refractivity contribution in [3.63, 3.8) is 0 Å². The average Bonchev–Trinajstić information content (AvgIpc) is 3.31. The van der Waals surface area contributed by atoms with Gasteiger partial charge in [-0.2, -0.15) is 0 Å². The predicted molar refractivity (Wildman–Crippen MR) is 167 cm³/mol. The fourth-order valence-corrected chi connectivity index (χ4v) is 6.16. The van der Waals surface area contributed by atoms with Crippen LogP contribution in [0.15, 0.2) is 81.7 Å². The lowest BCUT2D eigenvalue weighted by Gasteiger charge is -2.26. The number of hydrogen-bond acceptors (Lipinski definition) is 8. The third kappa shape index (κ3) is 6.20. The molecule has 0 spiro atoms. The normalized spacial score (nSPS) is 14.7. The number of carbonyl (C=O) groups excluding carboxylic acids is 1. The van der Waals surface area contributed by atoms with E-state index in [1.165, 1.54) is 23.0 Å². The fraction of sp³-hybridized carbons (Fsp3) is 0.219. The monoisotopic (exact) mass is 638 g/mol. The molecule has 0 aliphatic carbocycles. The number of methoxy groups -OCH3 is 2. The molecule has 0 saturated carbocycles. The number of hydrogen-bond donors (Lipinski definition) is 0. The number of carbonyl (C=O) groups is 1. The summed E-state index contributed by atoms with van der Waals surface area (Å²) in [6.07, 6.45) is 1.76. The zero-order valence-electron chi connectivity index (χ0n) is 23.9. The van der Waals surface area contributed by atoms with Crippen LogP contribution in [0.5, 0.6) is 17.2 Å². The zero-order chi connectivity index (χ0) is 30.7. The summed E-state index contributed by atoms with van der Waals surface area (Å²) in [6.45, 7) is 3.88. The van der Waals surface area contributed by atoms with Gasteiger partial charge in [-0.3, -0.25) is 9.36 Å². The Bertz CT molecular complexity index is 1910. The van der Waals surface area contributed by atoms with E-state index in [0.717, 1.165) is 5.56 Å². The lowest BCUT2D eigenvalue weighted by Crippen LogP contribution is -2.40. The van der Waals surface area contributed by atoms with Gasteiger partial charge in [-0.1, -0.05) is 58.8 Å². The molecule has 0 amide bonds. The van der Waals surface area contributed by atoms with E-state index in [-0.39, 0.29) is 24.3 Å². The van der Waals surface area contributed by atoms with Gasteiger partial charge in [-0.05, 0) is 61.9 Å². The molecule has 1 aliphatic heterocycles. The maximum Gasteiger partial charge on any atom is 0.338 e. The number of fused-ring (bicyclic) bond motifs is 1. The standard InChI is InChI=1S/C32H28Cl2N2O6S/c1-5-41-31(38)28-18(2)35-32-36(29(28)22-16-21(39-3)11-13-26(22)40-4)30(37)27(43-32)15-20-8-6-7-9-25(20)42-17-19-10-12-23(33)24(34)14-19/h6-16,29H,5,17H2,1-4H3/b27-15-/t29-/m0/s1. The maximum absolute atomic E-state index is 14.1. The van der Waals surface area contributed by atoms with Crippen molar-refractivity contribution in [1.29, 1.82) is 0 Å². The summed E-state index contributed by atoms with van der Waals surface area (Å²) in [5.74, 6) is 1.05. The Hall–Kier alpha value is -4.05. The molecule has 4 aromatic rings. The van der Waals surface area contributed by atoms with E-state index >= 15 is 0 Å². The largest absolute Gasteiger partial charge is 0.497 e. The van der Waals surface area contributed by atoms with Gasteiger partial charge in [0.2, 0.25) is 0 Å². The molecule has 2 heterocycles. The molecular weight excluding hydrogens is 611 g/mol. The first-order valence-corrected chi connectivity index (χ1v) is 14.9. The molecule has 5 rings (SSSR count). The van der Waals surface area contributed by atoms with Crippen LogP contribution < -0.4 is 29.1 Å². The highest BCUT2D eigenvalue weighted by atomic mass is 35.5. The Balaban J connectivity index is 1.63. The van der Waals surface area contributed by atoms with Gasteiger partial charge in [0.1, 0.15) is 29.9 Å². The van der Waals surface area contributed by atoms with Crippen molar-refractivity contribution in [2.24, 2.45) is 4.99 Å². The van der Waals surface area contributed by atoms with Crippen LogP contribution in [-0.4, -0.2) is 31.4 Å². The highest BCUT2D eigenvalue weighted by Gasteiger charge is 2.35. The van der Waals surface area contributed by atoms with Gasteiger partial charge < -0.3 is 18.9 Å². The van der Waals surface area contributed by atoms with Crippen LogP contribution >= 0.6 is 34.5 Å². The quantitative estimate of drug-likeness (QED) is 0.219. The summed E-state index contributed by atoms with van der Waals surface area (Å²) in [4.78, 5) is 32.5. The summed E-state index contributed by atoms with van der Waals surface area (Å²) in [6, 6.07) is 17.1. The summed E-state index contributed by atoms with van der Waals surface area (Å²) in [5, 5.41) is 0.907. The second kappa shape index (κ2) is 13.1. The van der Waals surface area contributed by atoms with Gasteiger partial charge >= 0.3 is 5.97 Å². The van der Waals surface area contributed by atoms with Crippen LogP contribution in [0.4, 0.5) is 0 Å². The van der Waals surface area contributed by atoms with Gasteiger partial charge in [-0.25, -0.2) is 9.79 Å². The highest BCUT2D eigenvalue weighted by Crippen LogP contribution is 2.38. The average molecular weight is 640 g/mol. The number of esters is 1. The Kier molecular flexibility index (Phi) is 9.25. The number of aromatic nitrogens is 1. The Labute approximate surface area is 262 Å². The molecule has 222 valence electrons. The number of thiazole rings is 1. The molecule has 0 saturated heterocycles. The molecule has 0 unspecified atom stereocenters. The Morgan fingerprint density at radius 1 is 1.02 bits per heavy atom. The molecule has 0 fully saturated rings. The van der Waals surface area contributed by atoms with Crippen LogP contribution in [-0.2, 0) is 16.1 Å². The molecule has 8 nitrogen and oxygen atoms in total. The number of halogens is 2. The second-order valence-electron chi connectivity index (χ2n) is 9.49. The molecular formula is C32H28Cl2N2O6S. The van der Waals surface area contributed by atoms with Gasteiger partial charge in [0.25, 0.3) is 5.56 Å². The van der Waals surface area contributed by atoms with E-state index in [1.807, 2.05) is 30.3 Å². The molecule has 0 N–H and O–H groups in total. The number of para-hydroxylation sites is 1. The first kappa shape index (κ1) is 30.4. The topological polar surface area (TPSA) is 88.4 Å². The van der Waals surface area contributed by atoms with Gasteiger partial charge in [0.15, 0.2) is 4.80 Å². The van der Waals surface area contributed by atoms with E-state index in [2.05, 4.69) is 4.99 Å². The fourth-order valence-electron chi connectivity index (χ4n) is 4.80. The van der Waals surface area contributed by atoms with Crippen molar-refractivity contribution in [1.82, 2.24) is 4.57 Å². The number of benzene rings is 3. The van der Waals surface area contributed by atoms with Gasteiger partial charge in [-0.15, -0.1) is 0 Å². The van der Waals surface area contributed by atoms with Crippen LogP contribution in [0.2, 0.25) is 10.0 Å². The van der Waals surface area contributed by atoms with Crippen LogP contribution in [0, 0.1) is 0 Å². The minimum absolute atomic E-state index is 0.168. The third-order valence-corrected chi connectivity index (χ3v) is 8.55. The molecule has 3 aromatic carbocycles. The minimum atomic E-state index is -0.858. The van der Waals surface area contributed by atoms with Crippen LogP contribution in [0.25, 0.3) is 6.08 Å². The van der Waals surface area contributed by atoms with Gasteiger partial charge in [0.05, 0.1) is 46.7 Å². The van der Waals surface area contributed by atoms with E-state index in [9.17, 15) is 9.59 Å². The van der Waals surface area contributed by atoms with E-state index in [0.29, 0.717) is 53.5 Å². The Morgan fingerprint density at radius 3 is 2.53 bits per heavy atom. The van der Waals surface area contributed by atoms with Gasteiger partial charge in [0, 0.05) is 11.1 Å². The lowest BCUT2D eigenvalue weighted by atomic mass is 9.94. The third-order valence-electron chi connectivity index (χ3n) is 6.83. The van der Waals surface area contributed by atoms with E-state index in [1.54, 1.807) is 57.4 Å². The van der Waals surface area contributed by atoms with Crippen molar-refractivity contribution in [2.45, 2.75) is 26.5 Å². The first-order chi connectivity index (χ1) is 20.7. The summed E-state index contributed by atoms with van der Waals surface area (Å²) in [7, 11) is 3.08. The molecule has 43 heavy (non-hydrogen) atoms. The Morgan fingerprint density at radius 2 is 1.81 bits per heavy atom. The molecule has 1 aromatic heterocycles. The molecule has 11 heteroatoms. The highest BCUT2D eigenvalue weighted by molar-refractivity contribution is 7.07. The van der Waals surface area contributed by atoms with Crippen molar-refractivity contribution in [2.75, 3.05) is 20.8 Å². The summed E-state index contributed by atoms with van der Waals surface area (Å²) in [5.41, 5.74) is 2.48. The SMILES string of the molecule is CCOC(=O)C1=C(C)N=c2s/c(=C\c3ccccc3OCc3ccc(Cl)c(Cl)c3)c(=O)n2[C@H]1c1cc(OC)ccc1OC. The molecule has 0 radical (unpaired) electrons. The van der Waals surface area contributed by atoms with Crippen molar-refractivity contribution < 1.29 is 23.7 Å². The van der Waals surface area contributed by atoms with Crippen molar-refractivity contribution in [3.05, 3.63) is 118 Å². The van der Waals surface area contributed by atoms with E-state index < -0.39 is 12.0 Å². The predicted octanol–water partition coefficient (Wildman–Crippen LogP) is 5.70. The lowest BCUT2D eigenvalue weighted by molar-refractivity contribution is -0.139. The number of allylic oxidation sites excluding steroid dienone is 1. The minimum Gasteiger partial charge on any atom is -0.497 e. The van der Waals surface area contributed by atoms with Crippen molar-refractivity contribution in [3.8, 4) is 17.2 Å².